The van der Waals surface area contributed by atoms with Gasteiger partial charge in [0.15, 0.2) is 0 Å². The second-order valence-corrected chi connectivity index (χ2v) is 6.44. The molecule has 0 radical (unpaired) electrons. The van der Waals surface area contributed by atoms with E-state index in [4.69, 9.17) is 4.74 Å². The third kappa shape index (κ3) is 2.87. The summed E-state index contributed by atoms with van der Waals surface area (Å²) >= 11 is 0. The maximum absolute atomic E-state index is 12.8. The molecule has 5 rings (SSSR count). The molecule has 2 N–H and O–H groups in total. The van der Waals surface area contributed by atoms with Crippen molar-refractivity contribution >= 4 is 28.1 Å². The number of pyridine rings is 3. The van der Waals surface area contributed by atoms with E-state index in [0.717, 1.165) is 27.9 Å². The van der Waals surface area contributed by atoms with E-state index in [1.165, 1.54) is 0 Å². The van der Waals surface area contributed by atoms with Crippen molar-refractivity contribution in [3.05, 3.63) is 73.1 Å². The highest BCUT2D eigenvalue weighted by molar-refractivity contribution is 6.09. The van der Waals surface area contributed by atoms with Crippen molar-refractivity contribution in [2.45, 2.75) is 0 Å². The Bertz CT molecular complexity index is 1340. The number of anilines is 1. The molecule has 0 unspecified atom stereocenters. The van der Waals surface area contributed by atoms with Gasteiger partial charge in [0.05, 0.1) is 41.7 Å². The van der Waals surface area contributed by atoms with E-state index in [0.29, 0.717) is 16.8 Å². The van der Waals surface area contributed by atoms with Gasteiger partial charge in [-0.1, -0.05) is 0 Å². The molecule has 0 saturated heterocycles. The standard InChI is InChI=1S/C21H16N6O2/c1-29-18-4-7-23-20-19(18)15(11-24-20)13-5-8-27-17(9-13)16(12-25-27)21(28)26-14-3-2-6-22-10-14/h2-12H,1H3,(H,23,24)(H,26,28). The number of carbonyl (C=O) groups excluding carboxylic acids is 1. The lowest BCUT2D eigenvalue weighted by Crippen LogP contribution is -2.11. The van der Waals surface area contributed by atoms with Crippen LogP contribution in [-0.4, -0.2) is 37.6 Å². The molecule has 8 nitrogen and oxygen atoms in total. The van der Waals surface area contributed by atoms with Gasteiger partial charge in [-0.25, -0.2) is 9.50 Å². The molecule has 0 fully saturated rings. The molecule has 5 aromatic rings. The lowest BCUT2D eigenvalue weighted by Gasteiger charge is -2.06. The number of hydrogen-bond donors (Lipinski definition) is 2. The molecule has 1 amide bonds. The Morgan fingerprint density at radius 3 is 2.97 bits per heavy atom. The highest BCUT2D eigenvalue weighted by Gasteiger charge is 2.16. The van der Waals surface area contributed by atoms with Crippen molar-refractivity contribution in [1.82, 2.24) is 24.6 Å². The van der Waals surface area contributed by atoms with E-state index >= 15 is 0 Å². The molecule has 0 aliphatic carbocycles. The molecule has 0 atom stereocenters. The van der Waals surface area contributed by atoms with E-state index in [9.17, 15) is 4.79 Å². The lowest BCUT2D eigenvalue weighted by molar-refractivity contribution is 0.102. The zero-order valence-electron chi connectivity index (χ0n) is 15.5. The Morgan fingerprint density at radius 2 is 2.14 bits per heavy atom. The summed E-state index contributed by atoms with van der Waals surface area (Å²) in [6.45, 7) is 0. The van der Waals surface area contributed by atoms with Crippen molar-refractivity contribution in [3.63, 3.8) is 0 Å². The van der Waals surface area contributed by atoms with Crippen molar-refractivity contribution in [2.24, 2.45) is 0 Å². The molecule has 0 aliphatic rings. The molecule has 8 heteroatoms. The van der Waals surface area contributed by atoms with E-state index in [-0.39, 0.29) is 5.91 Å². The van der Waals surface area contributed by atoms with Crippen LogP contribution in [0.25, 0.3) is 27.7 Å². The maximum Gasteiger partial charge on any atom is 0.259 e. The minimum absolute atomic E-state index is 0.247. The van der Waals surface area contributed by atoms with Gasteiger partial charge in [-0.15, -0.1) is 0 Å². The van der Waals surface area contributed by atoms with Crippen LogP contribution in [0.1, 0.15) is 10.4 Å². The van der Waals surface area contributed by atoms with Crippen molar-refractivity contribution in [2.75, 3.05) is 12.4 Å². The number of hydrogen-bond acceptors (Lipinski definition) is 5. The smallest absolute Gasteiger partial charge is 0.259 e. The van der Waals surface area contributed by atoms with Crippen LogP contribution in [0.15, 0.2) is 67.5 Å². The Balaban J connectivity index is 1.59. The largest absolute Gasteiger partial charge is 0.496 e. The molecule has 29 heavy (non-hydrogen) atoms. The first-order valence-corrected chi connectivity index (χ1v) is 8.94. The second-order valence-electron chi connectivity index (χ2n) is 6.44. The maximum atomic E-state index is 12.8. The summed E-state index contributed by atoms with van der Waals surface area (Å²) < 4.78 is 7.17. The number of carbonyl (C=O) groups is 1. The summed E-state index contributed by atoms with van der Waals surface area (Å²) in [7, 11) is 1.63. The molecular formula is C21H16N6O2. The van der Waals surface area contributed by atoms with Crippen LogP contribution in [0.2, 0.25) is 0 Å². The van der Waals surface area contributed by atoms with Gasteiger partial charge in [0.2, 0.25) is 0 Å². The number of fused-ring (bicyclic) bond motifs is 2. The van der Waals surface area contributed by atoms with Crippen LogP contribution >= 0.6 is 0 Å². The van der Waals surface area contributed by atoms with Crippen LogP contribution in [0.3, 0.4) is 0 Å². The van der Waals surface area contributed by atoms with Gasteiger partial charge < -0.3 is 15.0 Å². The Hall–Kier alpha value is -4.20. The Morgan fingerprint density at radius 1 is 1.21 bits per heavy atom. The van der Waals surface area contributed by atoms with Gasteiger partial charge in [-0.2, -0.15) is 5.10 Å². The molecular weight excluding hydrogens is 368 g/mol. The summed E-state index contributed by atoms with van der Waals surface area (Å²) in [6.07, 6.45) is 10.2. The van der Waals surface area contributed by atoms with Crippen LogP contribution in [-0.2, 0) is 0 Å². The number of amides is 1. The van der Waals surface area contributed by atoms with Crippen molar-refractivity contribution < 1.29 is 9.53 Å². The average molecular weight is 384 g/mol. The van der Waals surface area contributed by atoms with Crippen LogP contribution in [0, 0.1) is 0 Å². The van der Waals surface area contributed by atoms with Crippen LogP contribution < -0.4 is 10.1 Å². The zero-order chi connectivity index (χ0) is 19.8. The fourth-order valence-electron chi connectivity index (χ4n) is 3.38. The number of aromatic amines is 1. The molecule has 0 spiro atoms. The first kappa shape index (κ1) is 16.9. The van der Waals surface area contributed by atoms with Gasteiger partial charge in [-0.05, 0) is 35.9 Å². The number of methoxy groups -OCH3 is 1. The predicted octanol–water partition coefficient (Wildman–Crippen LogP) is 3.53. The topological polar surface area (TPSA) is 97.2 Å². The van der Waals surface area contributed by atoms with E-state index in [1.807, 2.05) is 30.6 Å². The number of nitrogens with one attached hydrogen (secondary N) is 2. The van der Waals surface area contributed by atoms with Crippen LogP contribution in [0.4, 0.5) is 5.69 Å². The summed E-state index contributed by atoms with van der Waals surface area (Å²) in [6, 6.07) is 9.25. The fourth-order valence-corrected chi connectivity index (χ4v) is 3.38. The van der Waals surface area contributed by atoms with E-state index < -0.39 is 0 Å². The fraction of sp³-hybridized carbons (Fsp3) is 0.0476. The molecule has 0 saturated carbocycles. The predicted molar refractivity (Wildman–Crippen MR) is 109 cm³/mol. The third-order valence-corrected chi connectivity index (χ3v) is 4.75. The van der Waals surface area contributed by atoms with Crippen LogP contribution in [0.5, 0.6) is 5.75 Å². The highest BCUT2D eigenvalue weighted by atomic mass is 16.5. The Kier molecular flexibility index (Phi) is 3.94. The van der Waals surface area contributed by atoms with Gasteiger partial charge in [0.1, 0.15) is 11.4 Å². The third-order valence-electron chi connectivity index (χ3n) is 4.75. The lowest BCUT2D eigenvalue weighted by atomic mass is 10.1. The number of H-pyrrole nitrogens is 1. The quantitative estimate of drug-likeness (QED) is 0.494. The summed E-state index contributed by atoms with van der Waals surface area (Å²) in [4.78, 5) is 24.3. The zero-order valence-corrected chi connectivity index (χ0v) is 15.5. The second kappa shape index (κ2) is 6.75. The normalized spacial score (nSPS) is 11.1. The molecule has 0 bridgehead atoms. The van der Waals surface area contributed by atoms with Crippen molar-refractivity contribution in [3.8, 4) is 16.9 Å². The summed E-state index contributed by atoms with van der Waals surface area (Å²) in [5.41, 5.74) is 4.39. The number of ether oxygens (including phenoxy) is 1. The SMILES string of the molecule is COc1ccnc2[nH]cc(-c3ccn4ncc(C(=O)Nc5cccnc5)c4c3)c12. The van der Waals surface area contributed by atoms with Gasteiger partial charge in [0, 0.05) is 30.4 Å². The first-order chi connectivity index (χ1) is 14.2. The molecule has 0 aliphatic heterocycles. The monoisotopic (exact) mass is 384 g/mol. The Labute approximate surface area is 165 Å². The molecule has 5 aromatic heterocycles. The summed E-state index contributed by atoms with van der Waals surface area (Å²) in [5.74, 6) is 0.484. The van der Waals surface area contributed by atoms with Gasteiger partial charge in [0.25, 0.3) is 5.91 Å². The number of rotatable bonds is 4. The minimum atomic E-state index is -0.247. The summed E-state index contributed by atoms with van der Waals surface area (Å²) in [5, 5.41) is 8.03. The van der Waals surface area contributed by atoms with Crippen molar-refractivity contribution in [1.29, 1.82) is 0 Å². The first-order valence-electron chi connectivity index (χ1n) is 8.94. The molecule has 142 valence electrons. The number of nitrogens with zero attached hydrogens (tertiary/aromatic N) is 4. The average Bonchev–Trinajstić information content (AvgIpc) is 3.38. The van der Waals surface area contributed by atoms with E-state index in [2.05, 4.69) is 25.4 Å². The minimum Gasteiger partial charge on any atom is -0.496 e. The highest BCUT2D eigenvalue weighted by Crippen LogP contribution is 2.34. The number of aromatic nitrogens is 5. The molecule has 0 aromatic carbocycles. The molecule has 5 heterocycles. The van der Waals surface area contributed by atoms with Gasteiger partial charge >= 0.3 is 0 Å². The van der Waals surface area contributed by atoms with E-state index in [1.54, 1.807) is 48.5 Å². The van der Waals surface area contributed by atoms with Gasteiger partial charge in [-0.3, -0.25) is 9.78 Å².